The molecule has 1 saturated heterocycles. The van der Waals surface area contributed by atoms with Gasteiger partial charge in [-0.15, -0.1) is 11.3 Å². The molecule has 1 aliphatic heterocycles. The van der Waals surface area contributed by atoms with E-state index >= 15 is 0 Å². The highest BCUT2D eigenvalue weighted by Gasteiger charge is 2.27. The van der Waals surface area contributed by atoms with Gasteiger partial charge in [0.05, 0.1) is 17.3 Å². The first-order valence-electron chi connectivity index (χ1n) is 11.7. The highest BCUT2D eigenvalue weighted by atomic mass is 32.1. The van der Waals surface area contributed by atoms with E-state index in [4.69, 9.17) is 17.0 Å². The van der Waals surface area contributed by atoms with E-state index in [-0.39, 0.29) is 24.2 Å². The van der Waals surface area contributed by atoms with Crippen molar-refractivity contribution in [1.82, 2.24) is 15.2 Å². The van der Waals surface area contributed by atoms with Crippen LogP contribution < -0.4 is 10.2 Å². The van der Waals surface area contributed by atoms with E-state index in [0.29, 0.717) is 23.9 Å². The largest absolute Gasteiger partial charge is 0.450 e. The number of para-hydroxylation sites is 1. The number of hydrogen-bond donors (Lipinski definition) is 1. The number of carbonyl (C=O) groups excluding carboxylic acids is 2. The number of piperidine rings is 1. The fraction of sp³-hybridized carbons (Fsp3) is 0.308. The Hall–Kier alpha value is -3.37. The monoisotopic (exact) mass is 526 g/mol. The third-order valence-electron chi connectivity index (χ3n) is 6.08. The van der Waals surface area contributed by atoms with Crippen LogP contribution in [0.5, 0.6) is 0 Å². The first kappa shape index (κ1) is 25.7. The fourth-order valence-electron chi connectivity index (χ4n) is 4.16. The van der Waals surface area contributed by atoms with E-state index in [1.165, 1.54) is 23.5 Å². The third kappa shape index (κ3) is 5.88. The smallest absolute Gasteiger partial charge is 0.413 e. The molecular formula is C26H27FN4O3S2. The summed E-state index contributed by atoms with van der Waals surface area (Å²) >= 11 is 6.80. The standard InChI is InChI=1S/C26H27FN4O3S2/c1-3-34-26(33)29-25(35)31-14-12-18(13-15-31)23-28-21(16-36-23)24(32)30(2)22-7-5-4-6-20(22)17-8-10-19(27)11-9-17/h4-11,16,18H,3,12-15H2,1-2H3,(H,29,33,35). The van der Waals surface area contributed by atoms with E-state index in [1.54, 1.807) is 36.4 Å². The van der Waals surface area contributed by atoms with Crippen LogP contribution in [0.3, 0.4) is 0 Å². The zero-order valence-corrected chi connectivity index (χ0v) is 21.7. The van der Waals surface area contributed by atoms with Crippen LogP contribution in [0, 0.1) is 5.82 Å². The molecule has 10 heteroatoms. The number of alkyl carbamates (subject to hydrolysis) is 1. The highest BCUT2D eigenvalue weighted by Crippen LogP contribution is 2.33. The van der Waals surface area contributed by atoms with Crippen molar-refractivity contribution in [3.05, 3.63) is 70.4 Å². The van der Waals surface area contributed by atoms with Gasteiger partial charge in [-0.1, -0.05) is 30.3 Å². The van der Waals surface area contributed by atoms with Gasteiger partial charge < -0.3 is 14.5 Å². The summed E-state index contributed by atoms with van der Waals surface area (Å²) in [5, 5.41) is 5.67. The number of carbonyl (C=O) groups is 2. The molecule has 0 spiro atoms. The number of benzene rings is 2. The molecule has 1 fully saturated rings. The number of aromatic nitrogens is 1. The number of amides is 2. The number of ether oxygens (including phenoxy) is 1. The highest BCUT2D eigenvalue weighted by molar-refractivity contribution is 7.80. The Morgan fingerprint density at radius 1 is 1.19 bits per heavy atom. The maximum Gasteiger partial charge on any atom is 0.413 e. The number of likely N-dealkylation sites (tertiary alicyclic amines) is 1. The van der Waals surface area contributed by atoms with Crippen molar-refractivity contribution < 1.29 is 18.7 Å². The predicted octanol–water partition coefficient (Wildman–Crippen LogP) is 5.44. The molecule has 7 nitrogen and oxygen atoms in total. The summed E-state index contributed by atoms with van der Waals surface area (Å²) in [7, 11) is 1.72. The summed E-state index contributed by atoms with van der Waals surface area (Å²) < 4.78 is 18.3. The Kier molecular flexibility index (Phi) is 8.27. The molecular weight excluding hydrogens is 499 g/mol. The molecule has 1 aromatic heterocycles. The Bertz CT molecular complexity index is 1240. The average Bonchev–Trinajstić information content (AvgIpc) is 3.39. The summed E-state index contributed by atoms with van der Waals surface area (Å²) in [5.74, 6) is -0.294. The summed E-state index contributed by atoms with van der Waals surface area (Å²) in [6.07, 6.45) is 1.09. The number of thiocarbonyl (C=S) groups is 1. The molecule has 1 N–H and O–H groups in total. The molecule has 1 aliphatic rings. The van der Waals surface area contributed by atoms with E-state index in [9.17, 15) is 14.0 Å². The Morgan fingerprint density at radius 3 is 2.58 bits per heavy atom. The van der Waals surface area contributed by atoms with Crippen LogP contribution in [0.25, 0.3) is 11.1 Å². The van der Waals surface area contributed by atoms with Gasteiger partial charge in [-0.3, -0.25) is 10.1 Å². The van der Waals surface area contributed by atoms with Gasteiger partial charge in [-0.05, 0) is 55.7 Å². The lowest BCUT2D eigenvalue weighted by atomic mass is 9.98. The van der Waals surface area contributed by atoms with Gasteiger partial charge >= 0.3 is 6.09 Å². The minimum absolute atomic E-state index is 0.204. The molecule has 188 valence electrons. The van der Waals surface area contributed by atoms with Crippen molar-refractivity contribution in [2.75, 3.05) is 31.6 Å². The first-order chi connectivity index (χ1) is 17.4. The number of thiazole rings is 1. The van der Waals surface area contributed by atoms with E-state index in [2.05, 4.69) is 10.3 Å². The number of rotatable bonds is 5. The molecule has 0 atom stereocenters. The zero-order valence-electron chi connectivity index (χ0n) is 20.1. The minimum atomic E-state index is -0.544. The maximum atomic E-state index is 13.4. The van der Waals surface area contributed by atoms with Crippen molar-refractivity contribution in [1.29, 1.82) is 0 Å². The molecule has 2 heterocycles. The minimum Gasteiger partial charge on any atom is -0.450 e. The number of hydrogen-bond acceptors (Lipinski definition) is 6. The third-order valence-corrected chi connectivity index (χ3v) is 7.45. The van der Waals surface area contributed by atoms with Crippen molar-refractivity contribution in [3.8, 4) is 11.1 Å². The second-order valence-corrected chi connectivity index (χ2v) is 9.65. The predicted molar refractivity (Wildman–Crippen MR) is 143 cm³/mol. The Labute approximate surface area is 218 Å². The molecule has 3 aromatic rings. The molecule has 4 rings (SSSR count). The molecule has 2 aromatic carbocycles. The van der Waals surface area contributed by atoms with Crippen molar-refractivity contribution in [3.63, 3.8) is 0 Å². The number of anilines is 1. The van der Waals surface area contributed by atoms with Crippen LogP contribution in [0.4, 0.5) is 14.9 Å². The van der Waals surface area contributed by atoms with E-state index in [0.717, 1.165) is 34.7 Å². The van der Waals surface area contributed by atoms with Gasteiger partial charge in [0, 0.05) is 37.0 Å². The topological polar surface area (TPSA) is 74.8 Å². The van der Waals surface area contributed by atoms with Gasteiger partial charge in [-0.25, -0.2) is 14.2 Å². The van der Waals surface area contributed by atoms with Gasteiger partial charge in [0.25, 0.3) is 5.91 Å². The molecule has 0 unspecified atom stereocenters. The van der Waals surface area contributed by atoms with Crippen molar-refractivity contribution in [2.24, 2.45) is 0 Å². The first-order valence-corrected chi connectivity index (χ1v) is 13.0. The fourth-order valence-corrected chi connectivity index (χ4v) is 5.39. The average molecular weight is 527 g/mol. The van der Waals surface area contributed by atoms with Gasteiger partial charge in [0.1, 0.15) is 11.5 Å². The van der Waals surface area contributed by atoms with Crippen LogP contribution in [-0.2, 0) is 4.74 Å². The number of nitrogens with one attached hydrogen (secondary N) is 1. The Morgan fingerprint density at radius 2 is 1.89 bits per heavy atom. The lowest BCUT2D eigenvalue weighted by Crippen LogP contribution is -2.46. The zero-order chi connectivity index (χ0) is 25.7. The van der Waals surface area contributed by atoms with Gasteiger partial charge in [0.15, 0.2) is 5.11 Å². The molecule has 2 amide bonds. The maximum absolute atomic E-state index is 13.4. The normalized spacial score (nSPS) is 13.8. The molecule has 36 heavy (non-hydrogen) atoms. The number of nitrogens with zero attached hydrogens (tertiary/aromatic N) is 3. The van der Waals surface area contributed by atoms with E-state index in [1.807, 2.05) is 29.2 Å². The SMILES string of the molecule is CCOC(=O)NC(=S)N1CCC(c2nc(C(=O)N(C)c3ccccc3-c3ccc(F)cc3)cs2)CC1. The summed E-state index contributed by atoms with van der Waals surface area (Å²) in [5.41, 5.74) is 2.78. The lowest BCUT2D eigenvalue weighted by molar-refractivity contribution is 0.0988. The second kappa shape index (κ2) is 11.6. The molecule has 0 saturated carbocycles. The summed E-state index contributed by atoms with van der Waals surface area (Å²) in [6.45, 7) is 3.39. The van der Waals surface area contributed by atoms with Crippen LogP contribution >= 0.6 is 23.6 Å². The van der Waals surface area contributed by atoms with Crippen molar-refractivity contribution in [2.45, 2.75) is 25.7 Å². The van der Waals surface area contributed by atoms with Gasteiger partial charge in [0.2, 0.25) is 0 Å². The van der Waals surface area contributed by atoms with Crippen LogP contribution in [0.15, 0.2) is 53.9 Å². The molecule has 0 radical (unpaired) electrons. The van der Waals surface area contributed by atoms with Crippen LogP contribution in [0.1, 0.15) is 41.2 Å². The summed E-state index contributed by atoms with van der Waals surface area (Å²) in [4.78, 5) is 33.1. The van der Waals surface area contributed by atoms with Crippen LogP contribution in [0.2, 0.25) is 0 Å². The van der Waals surface area contributed by atoms with Crippen molar-refractivity contribution >= 4 is 46.4 Å². The van der Waals surface area contributed by atoms with Gasteiger partial charge in [-0.2, -0.15) is 0 Å². The quantitative estimate of drug-likeness (QED) is 0.447. The number of halogens is 1. The lowest BCUT2D eigenvalue weighted by Gasteiger charge is -2.32. The molecule has 0 aliphatic carbocycles. The Balaban J connectivity index is 1.41. The van der Waals surface area contributed by atoms with E-state index < -0.39 is 6.09 Å². The summed E-state index contributed by atoms with van der Waals surface area (Å²) in [6, 6.07) is 13.8. The molecule has 0 bridgehead atoms. The second-order valence-electron chi connectivity index (χ2n) is 8.37. The van der Waals surface area contributed by atoms with Crippen LogP contribution in [-0.4, -0.2) is 53.7 Å².